The molecule has 4 heteroatoms. The minimum atomic E-state index is -0.436. The maximum Gasteiger partial charge on any atom is 0.339 e. The first-order valence-electron chi connectivity index (χ1n) is 9.71. The van der Waals surface area contributed by atoms with Gasteiger partial charge in [0, 0.05) is 12.6 Å². The Bertz CT molecular complexity index is 898. The fourth-order valence-corrected chi connectivity index (χ4v) is 5.44. The maximum atomic E-state index is 12.8. The topological polar surface area (TPSA) is 46.6 Å². The van der Waals surface area contributed by atoms with Gasteiger partial charge < -0.3 is 9.64 Å². The Morgan fingerprint density at radius 2 is 1.81 bits per heavy atom. The van der Waals surface area contributed by atoms with Gasteiger partial charge in [-0.05, 0) is 46.9 Å². The van der Waals surface area contributed by atoms with E-state index in [1.165, 1.54) is 0 Å². The summed E-state index contributed by atoms with van der Waals surface area (Å²) in [5.74, 6) is -0.510. The second kappa shape index (κ2) is 6.36. The van der Waals surface area contributed by atoms with Gasteiger partial charge in [0.05, 0.1) is 5.56 Å². The first kappa shape index (κ1) is 18.0. The van der Waals surface area contributed by atoms with Crippen molar-refractivity contribution in [2.24, 2.45) is 10.8 Å². The van der Waals surface area contributed by atoms with Crippen LogP contribution in [-0.2, 0) is 9.53 Å². The maximum absolute atomic E-state index is 12.8. The van der Waals surface area contributed by atoms with Crippen molar-refractivity contribution in [2.45, 2.75) is 46.1 Å². The average Bonchev–Trinajstić information content (AvgIpc) is 2.87. The molecule has 1 saturated carbocycles. The molecule has 1 aliphatic heterocycles. The number of nitrogens with zero attached hydrogens (tertiary/aromatic N) is 1. The van der Waals surface area contributed by atoms with Gasteiger partial charge in [-0.2, -0.15) is 0 Å². The number of likely N-dealkylation sites (tertiary alicyclic amines) is 1. The number of hydrogen-bond acceptors (Lipinski definition) is 3. The summed E-state index contributed by atoms with van der Waals surface area (Å²) in [6.07, 6.45) is 3.21. The van der Waals surface area contributed by atoms with E-state index in [9.17, 15) is 9.59 Å². The molecule has 2 atom stereocenters. The quantitative estimate of drug-likeness (QED) is 0.756. The number of hydrogen-bond donors (Lipinski definition) is 0. The summed E-state index contributed by atoms with van der Waals surface area (Å²) >= 11 is 0. The molecule has 0 aromatic heterocycles. The van der Waals surface area contributed by atoms with Crippen LogP contribution in [0.2, 0.25) is 0 Å². The second-order valence-electron chi connectivity index (χ2n) is 9.34. The van der Waals surface area contributed by atoms with Gasteiger partial charge >= 0.3 is 5.97 Å². The van der Waals surface area contributed by atoms with E-state index >= 15 is 0 Å². The van der Waals surface area contributed by atoms with Crippen molar-refractivity contribution < 1.29 is 14.3 Å². The van der Waals surface area contributed by atoms with Gasteiger partial charge in [0.2, 0.25) is 0 Å². The molecule has 2 fully saturated rings. The van der Waals surface area contributed by atoms with Crippen molar-refractivity contribution in [1.29, 1.82) is 0 Å². The molecule has 0 unspecified atom stereocenters. The Kier molecular flexibility index (Phi) is 4.25. The van der Waals surface area contributed by atoms with Crippen molar-refractivity contribution in [3.63, 3.8) is 0 Å². The number of benzene rings is 2. The van der Waals surface area contributed by atoms with Crippen LogP contribution in [0.4, 0.5) is 0 Å². The molecule has 142 valence electrons. The van der Waals surface area contributed by atoms with Crippen LogP contribution in [0.5, 0.6) is 0 Å². The normalized spacial score (nSPS) is 26.2. The van der Waals surface area contributed by atoms with Crippen molar-refractivity contribution in [3.8, 4) is 0 Å². The smallest absolute Gasteiger partial charge is 0.339 e. The second-order valence-corrected chi connectivity index (χ2v) is 9.34. The highest BCUT2D eigenvalue weighted by Gasteiger charge is 2.50. The summed E-state index contributed by atoms with van der Waals surface area (Å²) in [5.41, 5.74) is 0.947. The SMILES string of the molecule is CC1(C)C[C@H]2C[C@](C)(CN2C(=O)COC(=O)c2cccc3ccccc23)C1. The van der Waals surface area contributed by atoms with Crippen molar-refractivity contribution in [2.75, 3.05) is 13.2 Å². The zero-order valence-electron chi connectivity index (χ0n) is 16.3. The molecule has 1 aliphatic carbocycles. The van der Waals surface area contributed by atoms with Crippen molar-refractivity contribution in [3.05, 3.63) is 48.0 Å². The van der Waals surface area contributed by atoms with E-state index < -0.39 is 5.97 Å². The molecule has 27 heavy (non-hydrogen) atoms. The summed E-state index contributed by atoms with van der Waals surface area (Å²) in [6, 6.07) is 13.5. The van der Waals surface area contributed by atoms with Crippen LogP contribution in [0.3, 0.4) is 0 Å². The van der Waals surface area contributed by atoms with E-state index in [4.69, 9.17) is 4.74 Å². The van der Waals surface area contributed by atoms with E-state index in [0.29, 0.717) is 5.56 Å². The predicted molar refractivity (Wildman–Crippen MR) is 105 cm³/mol. The third kappa shape index (κ3) is 3.45. The predicted octanol–water partition coefficient (Wildman–Crippen LogP) is 4.42. The monoisotopic (exact) mass is 365 g/mol. The van der Waals surface area contributed by atoms with Crippen molar-refractivity contribution >= 4 is 22.6 Å². The highest BCUT2D eigenvalue weighted by molar-refractivity contribution is 6.04. The Balaban J connectivity index is 1.44. The van der Waals surface area contributed by atoms with Crippen LogP contribution in [0.25, 0.3) is 10.8 Å². The van der Waals surface area contributed by atoms with Crippen LogP contribution in [-0.4, -0.2) is 36.0 Å². The molecule has 0 spiro atoms. The van der Waals surface area contributed by atoms with E-state index in [1.54, 1.807) is 6.07 Å². The first-order valence-corrected chi connectivity index (χ1v) is 9.71. The molecule has 0 radical (unpaired) electrons. The van der Waals surface area contributed by atoms with E-state index in [0.717, 1.165) is 36.6 Å². The average molecular weight is 365 g/mol. The third-order valence-electron chi connectivity index (χ3n) is 6.07. The zero-order chi connectivity index (χ0) is 19.2. The molecule has 2 aromatic rings. The molecule has 1 amide bonds. The molecule has 2 bridgehead atoms. The number of carbonyl (C=O) groups excluding carboxylic acids is 2. The fraction of sp³-hybridized carbons (Fsp3) is 0.478. The zero-order valence-corrected chi connectivity index (χ0v) is 16.3. The molecular formula is C23H27NO3. The van der Waals surface area contributed by atoms with Crippen LogP contribution < -0.4 is 0 Å². The Morgan fingerprint density at radius 1 is 1.07 bits per heavy atom. The van der Waals surface area contributed by atoms with Gasteiger partial charge in [0.15, 0.2) is 6.61 Å². The standard InChI is InChI=1S/C23H27NO3/c1-22(2)11-17-12-23(3,14-22)15-24(17)20(25)13-27-21(26)19-10-6-8-16-7-4-5-9-18(16)19/h4-10,17H,11-15H2,1-3H3/t17-,23-/m0/s1. The van der Waals surface area contributed by atoms with Gasteiger partial charge in [0.25, 0.3) is 5.91 Å². The van der Waals surface area contributed by atoms with Gasteiger partial charge in [0.1, 0.15) is 0 Å². The number of fused-ring (bicyclic) bond motifs is 3. The largest absolute Gasteiger partial charge is 0.452 e. The molecule has 1 saturated heterocycles. The summed E-state index contributed by atoms with van der Waals surface area (Å²) in [5, 5.41) is 1.84. The van der Waals surface area contributed by atoms with E-state index in [2.05, 4.69) is 20.8 Å². The van der Waals surface area contributed by atoms with Gasteiger partial charge in [-0.25, -0.2) is 4.79 Å². The number of ether oxygens (including phenoxy) is 1. The number of rotatable bonds is 3. The lowest BCUT2D eigenvalue weighted by molar-refractivity contribution is -0.135. The Labute approximate surface area is 160 Å². The summed E-state index contributed by atoms with van der Waals surface area (Å²) in [7, 11) is 0. The van der Waals surface area contributed by atoms with Crippen LogP contribution in [0.15, 0.2) is 42.5 Å². The minimum absolute atomic E-state index is 0.0741. The van der Waals surface area contributed by atoms with Crippen LogP contribution in [0, 0.1) is 10.8 Å². The lowest BCUT2D eigenvalue weighted by Crippen LogP contribution is -2.39. The third-order valence-corrected chi connectivity index (χ3v) is 6.07. The van der Waals surface area contributed by atoms with Crippen LogP contribution in [0.1, 0.15) is 50.4 Å². The lowest BCUT2D eigenvalue weighted by Gasteiger charge is -2.39. The van der Waals surface area contributed by atoms with Gasteiger partial charge in [-0.15, -0.1) is 0 Å². The van der Waals surface area contributed by atoms with Gasteiger partial charge in [-0.3, -0.25) is 4.79 Å². The summed E-state index contributed by atoms with van der Waals surface area (Å²) < 4.78 is 5.41. The minimum Gasteiger partial charge on any atom is -0.452 e. The molecule has 2 aromatic carbocycles. The highest BCUT2D eigenvalue weighted by atomic mass is 16.5. The van der Waals surface area contributed by atoms with E-state index in [-0.39, 0.29) is 29.4 Å². The van der Waals surface area contributed by atoms with Crippen molar-refractivity contribution in [1.82, 2.24) is 4.90 Å². The molecule has 0 N–H and O–H groups in total. The molecule has 2 aliphatic rings. The highest BCUT2D eigenvalue weighted by Crippen LogP contribution is 2.52. The molecular weight excluding hydrogens is 338 g/mol. The molecule has 4 nitrogen and oxygen atoms in total. The Morgan fingerprint density at radius 3 is 2.63 bits per heavy atom. The number of amides is 1. The first-order chi connectivity index (χ1) is 12.8. The number of esters is 1. The van der Waals surface area contributed by atoms with E-state index in [1.807, 2.05) is 41.3 Å². The van der Waals surface area contributed by atoms with Gasteiger partial charge in [-0.1, -0.05) is 57.2 Å². The Hall–Kier alpha value is -2.36. The number of carbonyl (C=O) groups is 2. The summed E-state index contributed by atoms with van der Waals surface area (Å²) in [4.78, 5) is 27.3. The molecule has 1 heterocycles. The van der Waals surface area contributed by atoms with Crippen LogP contribution >= 0.6 is 0 Å². The fourth-order valence-electron chi connectivity index (χ4n) is 5.44. The summed E-state index contributed by atoms with van der Waals surface area (Å²) in [6.45, 7) is 7.43. The molecule has 4 rings (SSSR count). The lowest BCUT2D eigenvalue weighted by atomic mass is 9.65.